The number of rotatable bonds is 5. The van der Waals surface area contributed by atoms with E-state index in [4.69, 9.17) is 0 Å². The Hall–Kier alpha value is -2.25. The minimum Gasteiger partial charge on any atom is -0.324 e. The summed E-state index contributed by atoms with van der Waals surface area (Å²) in [6, 6.07) is 7.08. The van der Waals surface area contributed by atoms with Crippen molar-refractivity contribution in [2.45, 2.75) is 50.3 Å². The van der Waals surface area contributed by atoms with Crippen LogP contribution in [0.25, 0.3) is 10.2 Å². The number of thiophene rings is 1. The Kier molecular flexibility index (Phi) is 5.21. The number of hydrogen-bond donors (Lipinski definition) is 1. The molecule has 144 valence electrons. The molecule has 2 heterocycles. The topological polar surface area (TPSA) is 72.0 Å². The zero-order valence-electron chi connectivity index (χ0n) is 16.0. The lowest BCUT2D eigenvalue weighted by molar-refractivity contribution is -0.115. The van der Waals surface area contributed by atoms with Gasteiger partial charge in [0.05, 0.1) is 10.9 Å². The van der Waals surface area contributed by atoms with Gasteiger partial charge in [-0.2, -0.15) is 0 Å². The Bertz CT molecular complexity index is 1090. The number of carbonyl (C=O) groups excluding carboxylic acids is 2. The van der Waals surface area contributed by atoms with Crippen molar-refractivity contribution in [1.82, 2.24) is 9.97 Å². The lowest BCUT2D eigenvalue weighted by atomic mass is 10.1. The highest BCUT2D eigenvalue weighted by molar-refractivity contribution is 8.00. The van der Waals surface area contributed by atoms with Crippen molar-refractivity contribution in [3.63, 3.8) is 0 Å². The molecule has 3 aromatic rings. The van der Waals surface area contributed by atoms with Crippen LogP contribution in [0.5, 0.6) is 0 Å². The molecule has 0 fully saturated rings. The van der Waals surface area contributed by atoms with Gasteiger partial charge in [0, 0.05) is 15.8 Å². The maximum Gasteiger partial charge on any atom is 0.237 e. The molecule has 28 heavy (non-hydrogen) atoms. The van der Waals surface area contributed by atoms with E-state index < -0.39 is 0 Å². The molecule has 1 amide bonds. The van der Waals surface area contributed by atoms with Gasteiger partial charge in [0.2, 0.25) is 5.91 Å². The summed E-state index contributed by atoms with van der Waals surface area (Å²) >= 11 is 3.21. The Morgan fingerprint density at radius 3 is 2.79 bits per heavy atom. The number of anilines is 1. The molecule has 2 aromatic heterocycles. The normalized spacial score (nSPS) is 14.1. The summed E-state index contributed by atoms with van der Waals surface area (Å²) in [5.74, 6) is 0.512. The highest BCUT2D eigenvalue weighted by Crippen LogP contribution is 2.41. The van der Waals surface area contributed by atoms with Crippen LogP contribution in [0, 0.1) is 6.92 Å². The number of amides is 1. The van der Waals surface area contributed by atoms with E-state index in [1.54, 1.807) is 29.5 Å². The second-order valence-corrected chi connectivity index (χ2v) is 9.38. The number of aromatic nitrogens is 2. The monoisotopic (exact) mass is 411 g/mol. The highest BCUT2D eigenvalue weighted by Gasteiger charge is 2.25. The Labute approximate surface area is 172 Å². The van der Waals surface area contributed by atoms with E-state index in [1.165, 1.54) is 35.5 Å². The molecule has 0 radical (unpaired) electrons. The van der Waals surface area contributed by atoms with Gasteiger partial charge in [0.15, 0.2) is 5.78 Å². The first-order valence-corrected chi connectivity index (χ1v) is 11.0. The fourth-order valence-electron chi connectivity index (χ4n) is 3.50. The Balaban J connectivity index is 1.60. The molecule has 1 N–H and O–H groups in total. The van der Waals surface area contributed by atoms with Crippen LogP contribution in [0.15, 0.2) is 29.3 Å². The molecule has 5 nitrogen and oxygen atoms in total. The van der Waals surface area contributed by atoms with E-state index in [0.717, 1.165) is 33.9 Å². The number of para-hydroxylation sites is 1. The van der Waals surface area contributed by atoms with Crippen molar-refractivity contribution in [2.75, 3.05) is 5.32 Å². The number of aryl methyl sites for hydroxylation is 3. The standard InChI is InChI=1S/C21H21N3O2S2/c1-11(25)14-7-4-5-9-16(14)24-19(26)12(2)27-20-18-15-8-6-10-17(15)28-21(18)23-13(3)22-20/h4-5,7,9,12H,6,8,10H2,1-3H3,(H,24,26)/t12-/m1/s1. The van der Waals surface area contributed by atoms with Crippen LogP contribution in [0.1, 0.15) is 46.9 Å². The molecular weight excluding hydrogens is 390 g/mol. The first-order chi connectivity index (χ1) is 13.4. The minimum absolute atomic E-state index is 0.0711. The van der Waals surface area contributed by atoms with Crippen LogP contribution in [0.4, 0.5) is 5.69 Å². The summed E-state index contributed by atoms with van der Waals surface area (Å²) in [6.45, 7) is 5.26. The largest absolute Gasteiger partial charge is 0.324 e. The van der Waals surface area contributed by atoms with Gasteiger partial charge in [-0.1, -0.05) is 23.9 Å². The van der Waals surface area contributed by atoms with E-state index >= 15 is 0 Å². The maximum atomic E-state index is 12.8. The van der Waals surface area contributed by atoms with Crippen molar-refractivity contribution >= 4 is 50.7 Å². The number of benzene rings is 1. The third kappa shape index (κ3) is 3.56. The van der Waals surface area contributed by atoms with E-state index in [9.17, 15) is 9.59 Å². The van der Waals surface area contributed by atoms with Gasteiger partial charge in [-0.15, -0.1) is 11.3 Å². The van der Waals surface area contributed by atoms with Crippen LogP contribution in [-0.4, -0.2) is 26.9 Å². The average molecular weight is 412 g/mol. The number of Topliss-reactive ketones (excluding diaryl/α,β-unsaturated/α-hetero) is 1. The summed E-state index contributed by atoms with van der Waals surface area (Å²) in [5, 5.41) is 4.55. The molecule has 0 unspecified atom stereocenters. The summed E-state index contributed by atoms with van der Waals surface area (Å²) in [6.07, 6.45) is 3.34. The molecule has 1 aliphatic rings. The SMILES string of the molecule is CC(=O)c1ccccc1NC(=O)[C@@H](C)Sc1nc(C)nc2sc3c(c12)CCC3. The van der Waals surface area contributed by atoms with Gasteiger partial charge >= 0.3 is 0 Å². The van der Waals surface area contributed by atoms with Gasteiger partial charge in [0.25, 0.3) is 0 Å². The van der Waals surface area contributed by atoms with Crippen LogP contribution in [0.2, 0.25) is 0 Å². The number of thioether (sulfide) groups is 1. The molecular formula is C21H21N3O2S2. The van der Waals surface area contributed by atoms with Gasteiger partial charge in [-0.25, -0.2) is 9.97 Å². The lowest BCUT2D eigenvalue weighted by Crippen LogP contribution is -2.23. The maximum absolute atomic E-state index is 12.8. The zero-order chi connectivity index (χ0) is 19.8. The number of hydrogen-bond acceptors (Lipinski definition) is 6. The quantitative estimate of drug-likeness (QED) is 0.371. The van der Waals surface area contributed by atoms with Crippen molar-refractivity contribution in [3.05, 3.63) is 46.1 Å². The lowest BCUT2D eigenvalue weighted by Gasteiger charge is -2.14. The van der Waals surface area contributed by atoms with Crippen molar-refractivity contribution in [3.8, 4) is 0 Å². The summed E-state index contributed by atoms with van der Waals surface area (Å²) in [5.41, 5.74) is 2.42. The molecule has 7 heteroatoms. The number of fused-ring (bicyclic) bond motifs is 3. The fourth-order valence-corrected chi connectivity index (χ4v) is 5.90. The number of nitrogens with one attached hydrogen (secondary N) is 1. The molecule has 4 rings (SSSR count). The summed E-state index contributed by atoms with van der Waals surface area (Å²) < 4.78 is 0. The number of carbonyl (C=O) groups is 2. The van der Waals surface area contributed by atoms with Crippen LogP contribution >= 0.6 is 23.1 Å². The minimum atomic E-state index is -0.352. The van der Waals surface area contributed by atoms with E-state index in [2.05, 4.69) is 15.3 Å². The van der Waals surface area contributed by atoms with Crippen molar-refractivity contribution in [2.24, 2.45) is 0 Å². The van der Waals surface area contributed by atoms with E-state index in [0.29, 0.717) is 11.3 Å². The Morgan fingerprint density at radius 2 is 2.00 bits per heavy atom. The van der Waals surface area contributed by atoms with Gasteiger partial charge in [0.1, 0.15) is 15.7 Å². The molecule has 0 spiro atoms. The third-order valence-corrected chi connectivity index (χ3v) is 7.14. The van der Waals surface area contributed by atoms with Crippen LogP contribution in [-0.2, 0) is 17.6 Å². The van der Waals surface area contributed by atoms with Gasteiger partial charge < -0.3 is 5.32 Å². The molecule has 1 aromatic carbocycles. The average Bonchev–Trinajstić information content (AvgIpc) is 3.22. The predicted molar refractivity (Wildman–Crippen MR) is 115 cm³/mol. The van der Waals surface area contributed by atoms with Crippen molar-refractivity contribution < 1.29 is 9.59 Å². The van der Waals surface area contributed by atoms with Crippen LogP contribution in [0.3, 0.4) is 0 Å². The van der Waals surface area contributed by atoms with Gasteiger partial charge in [-0.3, -0.25) is 9.59 Å². The molecule has 1 aliphatic carbocycles. The van der Waals surface area contributed by atoms with Crippen LogP contribution < -0.4 is 5.32 Å². The van der Waals surface area contributed by atoms with E-state index in [-0.39, 0.29) is 16.9 Å². The van der Waals surface area contributed by atoms with Gasteiger partial charge in [-0.05, 0) is 57.7 Å². The smallest absolute Gasteiger partial charge is 0.237 e. The van der Waals surface area contributed by atoms with E-state index in [1.807, 2.05) is 19.9 Å². The second kappa shape index (κ2) is 7.64. The number of ketones is 1. The molecule has 0 aliphatic heterocycles. The third-order valence-electron chi connectivity index (χ3n) is 4.87. The molecule has 0 saturated carbocycles. The Morgan fingerprint density at radius 1 is 1.21 bits per heavy atom. The second-order valence-electron chi connectivity index (χ2n) is 6.96. The molecule has 0 bridgehead atoms. The first kappa shape index (κ1) is 19.1. The fraction of sp³-hybridized carbons (Fsp3) is 0.333. The molecule has 1 atom stereocenters. The number of nitrogens with zero attached hydrogens (tertiary/aromatic N) is 2. The first-order valence-electron chi connectivity index (χ1n) is 9.30. The summed E-state index contributed by atoms with van der Waals surface area (Å²) in [7, 11) is 0. The predicted octanol–water partition coefficient (Wildman–Crippen LogP) is 4.81. The highest BCUT2D eigenvalue weighted by atomic mass is 32.2. The van der Waals surface area contributed by atoms with Crippen molar-refractivity contribution in [1.29, 1.82) is 0 Å². The summed E-state index contributed by atoms with van der Waals surface area (Å²) in [4.78, 5) is 36.3. The molecule has 0 saturated heterocycles. The zero-order valence-corrected chi connectivity index (χ0v) is 17.7.